The fraction of sp³-hybridized carbons (Fsp3) is 0.917. The molecule has 0 aromatic rings. The number of amides is 1. The van der Waals surface area contributed by atoms with Gasteiger partial charge in [-0.25, -0.2) is 4.79 Å². The number of likely N-dealkylation sites (tertiary alicyclic amines) is 1. The van der Waals surface area contributed by atoms with Crippen molar-refractivity contribution in [2.24, 2.45) is 0 Å². The normalized spacial score (nSPS) is 27.7. The van der Waals surface area contributed by atoms with E-state index in [1.54, 1.807) is 27.7 Å². The molecule has 0 spiro atoms. The number of aliphatic hydroxyl groups is 1. The van der Waals surface area contributed by atoms with Crippen LogP contribution in [0.2, 0.25) is 0 Å². The van der Waals surface area contributed by atoms with Crippen molar-refractivity contribution in [1.29, 1.82) is 0 Å². The Hall–Kier alpha value is -0.860. The highest BCUT2D eigenvalue weighted by Crippen LogP contribution is 2.30. The fourth-order valence-electron chi connectivity index (χ4n) is 2.00. The van der Waals surface area contributed by atoms with Gasteiger partial charge in [0.05, 0.1) is 24.5 Å². The zero-order valence-corrected chi connectivity index (χ0v) is 13.4. The van der Waals surface area contributed by atoms with Gasteiger partial charge in [0.15, 0.2) is 0 Å². The van der Waals surface area contributed by atoms with E-state index in [1.165, 1.54) is 4.90 Å². The highest BCUT2D eigenvalue weighted by Gasteiger charge is 2.46. The average Bonchev–Trinajstić information content (AvgIpc) is 2.47. The Morgan fingerprint density at radius 2 is 2.00 bits per heavy atom. The Labute approximate surface area is 120 Å². The van der Waals surface area contributed by atoms with Gasteiger partial charge in [-0.2, -0.15) is 8.42 Å². The third-order valence-corrected chi connectivity index (χ3v) is 3.59. The number of rotatable bonds is 3. The van der Waals surface area contributed by atoms with Crippen molar-refractivity contribution >= 4 is 16.2 Å². The predicted molar refractivity (Wildman–Crippen MR) is 72.8 cm³/mol. The third kappa shape index (κ3) is 4.92. The van der Waals surface area contributed by atoms with Crippen molar-refractivity contribution in [3.63, 3.8) is 0 Å². The predicted octanol–water partition coefficient (Wildman–Crippen LogP) is 0.723. The molecule has 118 valence electrons. The Morgan fingerprint density at radius 1 is 1.45 bits per heavy atom. The quantitative estimate of drug-likeness (QED) is 0.772. The molecule has 20 heavy (non-hydrogen) atoms. The summed E-state index contributed by atoms with van der Waals surface area (Å²) in [7, 11) is -3.64. The highest BCUT2D eigenvalue weighted by molar-refractivity contribution is 7.85. The molecule has 1 N–H and O–H groups in total. The minimum absolute atomic E-state index is 0.287. The minimum Gasteiger partial charge on any atom is -0.444 e. The van der Waals surface area contributed by atoms with Crippen LogP contribution in [-0.2, 0) is 19.0 Å². The van der Waals surface area contributed by atoms with Crippen LogP contribution in [0.25, 0.3) is 0 Å². The minimum atomic E-state index is -3.64. The van der Waals surface area contributed by atoms with Gasteiger partial charge in [-0.15, -0.1) is 0 Å². The largest absolute Gasteiger partial charge is 0.444 e. The molecule has 0 bridgehead atoms. The zero-order valence-electron chi connectivity index (χ0n) is 12.5. The Bertz CT molecular complexity index is 465. The summed E-state index contributed by atoms with van der Waals surface area (Å²) in [5, 5.41) is 10.2. The van der Waals surface area contributed by atoms with Gasteiger partial charge in [-0.1, -0.05) is 0 Å². The molecule has 1 fully saturated rings. The molecular formula is C12H23NO6S. The fourth-order valence-corrected chi connectivity index (χ4v) is 2.38. The van der Waals surface area contributed by atoms with E-state index in [4.69, 9.17) is 8.92 Å². The summed E-state index contributed by atoms with van der Waals surface area (Å²) >= 11 is 0. The van der Waals surface area contributed by atoms with Crippen LogP contribution < -0.4 is 0 Å². The molecule has 0 saturated carbocycles. The Balaban J connectivity index is 2.82. The van der Waals surface area contributed by atoms with Crippen molar-refractivity contribution in [1.82, 2.24) is 4.90 Å². The van der Waals surface area contributed by atoms with Gasteiger partial charge in [-0.05, 0) is 34.1 Å². The molecule has 1 aliphatic rings. The second-order valence-corrected chi connectivity index (χ2v) is 7.93. The summed E-state index contributed by atoms with van der Waals surface area (Å²) in [6.07, 6.45) is 0.677. The maximum Gasteiger partial charge on any atom is 0.410 e. The van der Waals surface area contributed by atoms with Crippen LogP contribution in [0.1, 0.15) is 34.1 Å². The number of nitrogens with zero attached hydrogens (tertiary/aromatic N) is 1. The lowest BCUT2D eigenvalue weighted by Gasteiger charge is -2.32. The van der Waals surface area contributed by atoms with Crippen molar-refractivity contribution in [3.8, 4) is 0 Å². The summed E-state index contributed by atoms with van der Waals surface area (Å²) in [4.78, 5) is 13.4. The molecule has 8 heteroatoms. The maximum absolute atomic E-state index is 12.1. The van der Waals surface area contributed by atoms with Crippen LogP contribution in [0.4, 0.5) is 4.79 Å². The smallest absolute Gasteiger partial charge is 0.410 e. The van der Waals surface area contributed by atoms with Gasteiger partial charge in [0.25, 0.3) is 10.1 Å². The molecule has 0 aliphatic carbocycles. The molecule has 2 atom stereocenters. The van der Waals surface area contributed by atoms with Crippen LogP contribution >= 0.6 is 0 Å². The van der Waals surface area contributed by atoms with Crippen LogP contribution in [0.15, 0.2) is 0 Å². The van der Waals surface area contributed by atoms with Crippen molar-refractivity contribution in [2.75, 3.05) is 19.4 Å². The SMILES string of the molecule is CC(C)(C)OC(=O)N1CC[C@](C)(O)[C@H]1COS(C)(=O)=O. The first-order valence-corrected chi connectivity index (χ1v) is 8.20. The lowest BCUT2D eigenvalue weighted by Crippen LogP contribution is -2.49. The second-order valence-electron chi connectivity index (χ2n) is 6.29. The van der Waals surface area contributed by atoms with Crippen LogP contribution in [0, 0.1) is 0 Å². The standard InChI is InChI=1S/C12H23NO6S/c1-11(2,3)19-10(14)13-7-6-12(4,15)9(13)8-18-20(5,16)17/h9,15H,6-8H2,1-5H3/t9-,12+/m1/s1. The van der Waals surface area contributed by atoms with Crippen molar-refractivity contribution in [3.05, 3.63) is 0 Å². The van der Waals surface area contributed by atoms with E-state index >= 15 is 0 Å². The molecule has 1 rings (SSSR count). The van der Waals surface area contributed by atoms with E-state index in [1.807, 2.05) is 0 Å². The molecule has 0 unspecified atom stereocenters. The molecular weight excluding hydrogens is 286 g/mol. The molecule has 1 saturated heterocycles. The number of hydrogen-bond donors (Lipinski definition) is 1. The average molecular weight is 309 g/mol. The van der Waals surface area contributed by atoms with E-state index in [0.29, 0.717) is 13.0 Å². The molecule has 1 amide bonds. The van der Waals surface area contributed by atoms with E-state index in [2.05, 4.69) is 0 Å². The summed E-state index contributed by atoms with van der Waals surface area (Å²) in [5.74, 6) is 0. The molecule has 1 aliphatic heterocycles. The van der Waals surface area contributed by atoms with E-state index < -0.39 is 33.5 Å². The first-order valence-electron chi connectivity index (χ1n) is 6.38. The molecule has 1 heterocycles. The van der Waals surface area contributed by atoms with Crippen molar-refractivity contribution in [2.45, 2.75) is 51.4 Å². The van der Waals surface area contributed by atoms with E-state index in [-0.39, 0.29) is 6.61 Å². The number of carbonyl (C=O) groups excluding carboxylic acids is 1. The Morgan fingerprint density at radius 3 is 2.45 bits per heavy atom. The molecule has 0 aromatic carbocycles. The summed E-state index contributed by atoms with van der Waals surface area (Å²) in [6, 6.07) is -0.757. The van der Waals surface area contributed by atoms with Gasteiger partial charge >= 0.3 is 6.09 Å². The van der Waals surface area contributed by atoms with E-state index in [0.717, 1.165) is 6.26 Å². The lowest BCUT2D eigenvalue weighted by molar-refractivity contribution is -0.0179. The maximum atomic E-state index is 12.1. The zero-order chi connectivity index (χ0) is 15.8. The van der Waals surface area contributed by atoms with Crippen LogP contribution in [-0.4, -0.2) is 61.2 Å². The van der Waals surface area contributed by atoms with Gasteiger partial charge in [-0.3, -0.25) is 9.08 Å². The number of carbonyl (C=O) groups is 1. The van der Waals surface area contributed by atoms with E-state index in [9.17, 15) is 18.3 Å². The lowest BCUT2D eigenvalue weighted by atomic mass is 9.98. The topological polar surface area (TPSA) is 93.1 Å². The van der Waals surface area contributed by atoms with Gasteiger partial charge in [0.1, 0.15) is 5.60 Å². The third-order valence-electron chi connectivity index (χ3n) is 3.02. The van der Waals surface area contributed by atoms with Crippen LogP contribution in [0.3, 0.4) is 0 Å². The van der Waals surface area contributed by atoms with Gasteiger partial charge in [0, 0.05) is 6.54 Å². The first kappa shape index (κ1) is 17.2. The summed E-state index contributed by atoms with van der Waals surface area (Å²) < 4.78 is 32.1. The first-order chi connectivity index (χ1) is 8.82. The highest BCUT2D eigenvalue weighted by atomic mass is 32.2. The Kier molecular flexibility index (Phi) is 4.72. The number of hydrogen-bond acceptors (Lipinski definition) is 6. The molecule has 0 radical (unpaired) electrons. The van der Waals surface area contributed by atoms with Gasteiger partial charge in [0.2, 0.25) is 0 Å². The van der Waals surface area contributed by atoms with Crippen LogP contribution in [0.5, 0.6) is 0 Å². The molecule has 0 aromatic heterocycles. The van der Waals surface area contributed by atoms with Gasteiger partial charge < -0.3 is 9.84 Å². The second kappa shape index (κ2) is 5.50. The van der Waals surface area contributed by atoms with Crippen molar-refractivity contribution < 1.29 is 27.2 Å². The summed E-state index contributed by atoms with van der Waals surface area (Å²) in [5.41, 5.74) is -1.87. The monoisotopic (exact) mass is 309 g/mol. The molecule has 7 nitrogen and oxygen atoms in total. The number of ether oxygens (including phenoxy) is 1. The summed E-state index contributed by atoms with van der Waals surface area (Å²) in [6.45, 7) is 6.77.